The number of rotatable bonds is 5. The minimum absolute atomic E-state index is 0.0904. The molecule has 1 aromatic heterocycles. The molecular formula is C13H22N4O2. The van der Waals surface area contributed by atoms with Crippen LogP contribution >= 0.6 is 0 Å². The number of nitrogens with zero attached hydrogens (tertiary/aromatic N) is 3. The molecule has 1 N–H and O–H groups in total. The van der Waals surface area contributed by atoms with E-state index in [4.69, 9.17) is 4.74 Å². The molecule has 0 aromatic carbocycles. The van der Waals surface area contributed by atoms with E-state index in [0.29, 0.717) is 6.04 Å². The number of methoxy groups -OCH3 is 1. The summed E-state index contributed by atoms with van der Waals surface area (Å²) in [6, 6.07) is 0.474. The van der Waals surface area contributed by atoms with Crippen molar-refractivity contribution in [2.45, 2.75) is 25.4 Å². The number of carbonyl (C=O) groups is 1. The Hall–Kier alpha value is -1.40. The lowest BCUT2D eigenvalue weighted by Gasteiger charge is -2.32. The first kappa shape index (κ1) is 14.0. The third-order valence-corrected chi connectivity index (χ3v) is 3.60. The zero-order valence-corrected chi connectivity index (χ0v) is 11.6. The number of hydrogen-bond donors (Lipinski definition) is 1. The fourth-order valence-corrected chi connectivity index (χ4v) is 2.35. The molecule has 2 heterocycles. The maximum absolute atomic E-state index is 11.7. The Bertz CT molecular complexity index is 411. The van der Waals surface area contributed by atoms with Crippen molar-refractivity contribution in [3.63, 3.8) is 0 Å². The predicted molar refractivity (Wildman–Crippen MR) is 71.5 cm³/mol. The second kappa shape index (κ2) is 6.68. The summed E-state index contributed by atoms with van der Waals surface area (Å²) in [6.07, 6.45) is 5.67. The van der Waals surface area contributed by atoms with Crippen LogP contribution in [-0.2, 0) is 23.1 Å². The normalized spacial score (nSPS) is 16.8. The number of aryl methyl sites for hydroxylation is 1. The van der Waals surface area contributed by atoms with Gasteiger partial charge in [0.05, 0.1) is 12.0 Å². The zero-order valence-electron chi connectivity index (χ0n) is 11.6. The molecule has 0 aliphatic carbocycles. The molecule has 1 fully saturated rings. The smallest absolute Gasteiger partial charge is 0.248 e. The van der Waals surface area contributed by atoms with E-state index in [2.05, 4.69) is 10.3 Å². The quantitative estimate of drug-likeness (QED) is 0.824. The highest BCUT2D eigenvalue weighted by Gasteiger charge is 2.22. The van der Waals surface area contributed by atoms with E-state index in [1.807, 2.05) is 29.0 Å². The standard InChI is InChI=1S/C13H22N4O2/c1-16-10-14-7-12(16)8-15-11-3-5-17(6-4-11)13(18)9-19-2/h7,10-11,15H,3-6,8-9H2,1-2H3. The predicted octanol–water partition coefficient (Wildman–Crippen LogP) is 0.147. The summed E-state index contributed by atoms with van der Waals surface area (Å²) in [7, 11) is 3.55. The molecule has 0 unspecified atom stereocenters. The lowest BCUT2D eigenvalue weighted by Crippen LogP contribution is -2.45. The minimum Gasteiger partial charge on any atom is -0.375 e. The largest absolute Gasteiger partial charge is 0.375 e. The van der Waals surface area contributed by atoms with E-state index in [1.54, 1.807) is 7.11 Å². The first-order chi connectivity index (χ1) is 9.20. The number of amides is 1. The number of hydrogen-bond acceptors (Lipinski definition) is 4. The van der Waals surface area contributed by atoms with E-state index < -0.39 is 0 Å². The van der Waals surface area contributed by atoms with Gasteiger partial charge in [0.2, 0.25) is 5.91 Å². The highest BCUT2D eigenvalue weighted by Crippen LogP contribution is 2.11. The van der Waals surface area contributed by atoms with Crippen molar-refractivity contribution < 1.29 is 9.53 Å². The van der Waals surface area contributed by atoms with E-state index in [1.165, 1.54) is 5.69 Å². The Morgan fingerprint density at radius 1 is 1.53 bits per heavy atom. The fourth-order valence-electron chi connectivity index (χ4n) is 2.35. The molecule has 2 rings (SSSR count). The molecule has 0 radical (unpaired) electrons. The molecule has 0 spiro atoms. The summed E-state index contributed by atoms with van der Waals surface area (Å²) in [5.41, 5.74) is 1.18. The second-order valence-corrected chi connectivity index (χ2v) is 4.96. The highest BCUT2D eigenvalue weighted by atomic mass is 16.5. The van der Waals surface area contributed by atoms with Crippen LogP contribution in [0.1, 0.15) is 18.5 Å². The van der Waals surface area contributed by atoms with Gasteiger partial charge in [0.1, 0.15) is 6.61 Å². The molecule has 1 aliphatic rings. The molecule has 106 valence electrons. The molecule has 1 aromatic rings. The van der Waals surface area contributed by atoms with Crippen LogP contribution in [0.2, 0.25) is 0 Å². The van der Waals surface area contributed by atoms with Gasteiger partial charge in [0, 0.05) is 46.0 Å². The third-order valence-electron chi connectivity index (χ3n) is 3.60. The number of carbonyl (C=O) groups excluding carboxylic acids is 1. The van der Waals surface area contributed by atoms with Gasteiger partial charge in [-0.2, -0.15) is 0 Å². The van der Waals surface area contributed by atoms with Gasteiger partial charge in [-0.05, 0) is 12.8 Å². The van der Waals surface area contributed by atoms with E-state index >= 15 is 0 Å². The van der Waals surface area contributed by atoms with Crippen LogP contribution in [-0.4, -0.2) is 53.2 Å². The number of likely N-dealkylation sites (tertiary alicyclic amines) is 1. The minimum atomic E-state index is 0.0904. The van der Waals surface area contributed by atoms with Gasteiger partial charge >= 0.3 is 0 Å². The monoisotopic (exact) mass is 266 g/mol. The van der Waals surface area contributed by atoms with Crippen LogP contribution in [0.5, 0.6) is 0 Å². The van der Waals surface area contributed by atoms with Gasteiger partial charge in [-0.1, -0.05) is 0 Å². The lowest BCUT2D eigenvalue weighted by atomic mass is 10.0. The molecule has 0 atom stereocenters. The lowest BCUT2D eigenvalue weighted by molar-refractivity contribution is -0.136. The summed E-state index contributed by atoms with van der Waals surface area (Å²) in [6.45, 7) is 2.64. The van der Waals surface area contributed by atoms with Crippen LogP contribution in [0.25, 0.3) is 0 Å². The Balaban J connectivity index is 1.72. The van der Waals surface area contributed by atoms with Crippen molar-refractivity contribution in [3.8, 4) is 0 Å². The van der Waals surface area contributed by atoms with Crippen LogP contribution in [0.3, 0.4) is 0 Å². The number of imidazole rings is 1. The average molecular weight is 266 g/mol. The van der Waals surface area contributed by atoms with Gasteiger partial charge in [-0.15, -0.1) is 0 Å². The molecule has 0 bridgehead atoms. The molecule has 6 nitrogen and oxygen atoms in total. The van der Waals surface area contributed by atoms with Crippen molar-refractivity contribution in [2.24, 2.45) is 7.05 Å². The molecule has 1 saturated heterocycles. The second-order valence-electron chi connectivity index (χ2n) is 4.96. The van der Waals surface area contributed by atoms with Crippen molar-refractivity contribution in [1.29, 1.82) is 0 Å². The fraction of sp³-hybridized carbons (Fsp3) is 0.692. The summed E-state index contributed by atoms with van der Waals surface area (Å²) in [5, 5.41) is 3.53. The maximum Gasteiger partial charge on any atom is 0.248 e. The summed E-state index contributed by atoms with van der Waals surface area (Å²) < 4.78 is 6.89. The summed E-state index contributed by atoms with van der Waals surface area (Å²) in [5.74, 6) is 0.0904. The van der Waals surface area contributed by atoms with E-state index in [0.717, 1.165) is 32.5 Å². The van der Waals surface area contributed by atoms with Gasteiger partial charge in [-0.25, -0.2) is 4.98 Å². The van der Waals surface area contributed by atoms with Gasteiger partial charge in [0.15, 0.2) is 0 Å². The maximum atomic E-state index is 11.7. The summed E-state index contributed by atoms with van der Waals surface area (Å²) >= 11 is 0. The zero-order chi connectivity index (χ0) is 13.7. The average Bonchev–Trinajstić information content (AvgIpc) is 2.83. The van der Waals surface area contributed by atoms with Crippen LogP contribution in [0, 0.1) is 0 Å². The van der Waals surface area contributed by atoms with Crippen LogP contribution in [0.15, 0.2) is 12.5 Å². The number of aromatic nitrogens is 2. The van der Waals surface area contributed by atoms with Crippen molar-refractivity contribution in [2.75, 3.05) is 26.8 Å². The number of nitrogens with one attached hydrogen (secondary N) is 1. The van der Waals surface area contributed by atoms with E-state index in [-0.39, 0.29) is 12.5 Å². The first-order valence-electron chi connectivity index (χ1n) is 6.66. The number of ether oxygens (including phenoxy) is 1. The van der Waals surface area contributed by atoms with Crippen LogP contribution < -0.4 is 5.32 Å². The molecule has 1 aliphatic heterocycles. The van der Waals surface area contributed by atoms with Gasteiger partial charge in [-0.3, -0.25) is 4.79 Å². The topological polar surface area (TPSA) is 59.4 Å². The molecule has 6 heteroatoms. The Morgan fingerprint density at radius 3 is 2.84 bits per heavy atom. The summed E-state index contributed by atoms with van der Waals surface area (Å²) in [4.78, 5) is 17.6. The molecule has 0 saturated carbocycles. The van der Waals surface area contributed by atoms with Gasteiger partial charge in [0.25, 0.3) is 0 Å². The highest BCUT2D eigenvalue weighted by molar-refractivity contribution is 5.77. The Kier molecular flexibility index (Phi) is 4.93. The molecular weight excluding hydrogens is 244 g/mol. The van der Waals surface area contributed by atoms with Crippen LogP contribution in [0.4, 0.5) is 0 Å². The SMILES string of the molecule is COCC(=O)N1CCC(NCc2cncn2C)CC1. The van der Waals surface area contributed by atoms with Gasteiger partial charge < -0.3 is 19.5 Å². The first-order valence-corrected chi connectivity index (χ1v) is 6.66. The Morgan fingerprint density at radius 2 is 2.26 bits per heavy atom. The molecule has 19 heavy (non-hydrogen) atoms. The Labute approximate surface area is 113 Å². The van der Waals surface area contributed by atoms with Crippen molar-refractivity contribution in [3.05, 3.63) is 18.2 Å². The van der Waals surface area contributed by atoms with E-state index in [9.17, 15) is 4.79 Å². The molecule has 1 amide bonds. The van der Waals surface area contributed by atoms with Crippen molar-refractivity contribution >= 4 is 5.91 Å². The number of piperidine rings is 1. The third kappa shape index (κ3) is 3.78. The van der Waals surface area contributed by atoms with Crippen molar-refractivity contribution in [1.82, 2.24) is 19.8 Å².